The lowest BCUT2D eigenvalue weighted by Gasteiger charge is -2.35. The van der Waals surface area contributed by atoms with Gasteiger partial charge in [0, 0.05) is 36.4 Å². The van der Waals surface area contributed by atoms with Crippen LogP contribution in [0.4, 0.5) is 4.79 Å². The topological polar surface area (TPSA) is 95.9 Å². The summed E-state index contributed by atoms with van der Waals surface area (Å²) in [6, 6.07) is 15.9. The zero-order chi connectivity index (χ0) is 24.1. The Morgan fingerprint density at radius 3 is 2.41 bits per heavy atom. The molecule has 0 aromatic heterocycles. The number of hydrogen-bond donors (Lipinski definition) is 2. The fraction of sp³-hybridized carbons (Fsp3) is 0.423. The van der Waals surface area contributed by atoms with E-state index in [0.29, 0.717) is 18.7 Å². The molecule has 1 fully saturated rings. The van der Waals surface area contributed by atoms with E-state index < -0.39 is 12.1 Å². The molecule has 7 nitrogen and oxygen atoms in total. The van der Waals surface area contributed by atoms with Gasteiger partial charge in [0.05, 0.1) is 12.5 Å². The Balaban J connectivity index is 1.26. The van der Waals surface area contributed by atoms with Crippen molar-refractivity contribution in [2.24, 2.45) is 0 Å². The molecule has 1 saturated heterocycles. The maximum absolute atomic E-state index is 12.7. The molecular weight excluding hydrogens is 452 g/mol. The number of ether oxygens (including phenoxy) is 1. The maximum Gasteiger partial charge on any atom is 0.407 e. The first-order chi connectivity index (χ1) is 16.4. The summed E-state index contributed by atoms with van der Waals surface area (Å²) < 4.78 is 5.58. The van der Waals surface area contributed by atoms with Gasteiger partial charge in [-0.25, -0.2) is 4.79 Å². The summed E-state index contributed by atoms with van der Waals surface area (Å²) in [5.41, 5.74) is 4.67. The van der Waals surface area contributed by atoms with Crippen LogP contribution in [0.15, 0.2) is 48.5 Å². The fourth-order valence-corrected chi connectivity index (χ4v) is 5.81. The Morgan fingerprint density at radius 2 is 1.76 bits per heavy atom. The van der Waals surface area contributed by atoms with Crippen LogP contribution in [-0.4, -0.2) is 64.7 Å². The minimum Gasteiger partial charge on any atom is -0.481 e. The largest absolute Gasteiger partial charge is 0.481 e. The van der Waals surface area contributed by atoms with Crippen molar-refractivity contribution < 1.29 is 24.2 Å². The highest BCUT2D eigenvalue weighted by atomic mass is 32.2. The normalized spacial score (nSPS) is 18.0. The molecule has 2 aliphatic rings. The third-order valence-corrected chi connectivity index (χ3v) is 7.55. The van der Waals surface area contributed by atoms with Crippen LogP contribution in [-0.2, 0) is 14.3 Å². The first-order valence-electron chi connectivity index (χ1n) is 11.6. The number of amides is 2. The molecule has 2 amide bonds. The van der Waals surface area contributed by atoms with Crippen molar-refractivity contribution in [1.82, 2.24) is 10.2 Å². The number of benzene rings is 2. The smallest absolute Gasteiger partial charge is 0.407 e. The number of rotatable bonds is 8. The van der Waals surface area contributed by atoms with Crippen molar-refractivity contribution >= 4 is 29.7 Å². The highest BCUT2D eigenvalue weighted by Crippen LogP contribution is 2.44. The van der Waals surface area contributed by atoms with E-state index in [1.807, 2.05) is 31.2 Å². The number of nitrogens with zero attached hydrogens (tertiary/aromatic N) is 1. The van der Waals surface area contributed by atoms with Crippen LogP contribution in [0.25, 0.3) is 11.1 Å². The highest BCUT2D eigenvalue weighted by Gasteiger charge is 2.30. The number of fused-ring (bicyclic) bond motifs is 3. The van der Waals surface area contributed by atoms with Crippen LogP contribution < -0.4 is 5.32 Å². The predicted molar refractivity (Wildman–Crippen MR) is 132 cm³/mol. The van der Waals surface area contributed by atoms with Gasteiger partial charge in [-0.15, -0.1) is 0 Å². The van der Waals surface area contributed by atoms with E-state index in [1.165, 1.54) is 11.1 Å². The number of carbonyl (C=O) groups excluding carboxylic acids is 2. The molecular formula is C26H30N2O5S. The van der Waals surface area contributed by atoms with Crippen LogP contribution in [0, 0.1) is 0 Å². The summed E-state index contributed by atoms with van der Waals surface area (Å²) in [5, 5.41) is 11.9. The molecule has 1 heterocycles. The molecule has 2 aromatic rings. The Hall–Kier alpha value is -3.00. The van der Waals surface area contributed by atoms with E-state index in [1.54, 1.807) is 16.7 Å². The highest BCUT2D eigenvalue weighted by molar-refractivity contribution is 7.99. The van der Waals surface area contributed by atoms with Crippen molar-refractivity contribution in [2.75, 3.05) is 24.7 Å². The summed E-state index contributed by atoms with van der Waals surface area (Å²) in [4.78, 5) is 37.9. The van der Waals surface area contributed by atoms with Gasteiger partial charge in [-0.2, -0.15) is 11.8 Å². The van der Waals surface area contributed by atoms with E-state index >= 15 is 0 Å². The van der Waals surface area contributed by atoms with E-state index in [0.717, 1.165) is 16.9 Å². The Kier molecular flexibility index (Phi) is 7.77. The second-order valence-electron chi connectivity index (χ2n) is 8.82. The third kappa shape index (κ3) is 5.55. The van der Waals surface area contributed by atoms with E-state index in [9.17, 15) is 14.4 Å². The monoisotopic (exact) mass is 482 g/mol. The van der Waals surface area contributed by atoms with Crippen LogP contribution in [0.1, 0.15) is 43.2 Å². The number of thioether (sulfide) groups is 1. The molecule has 34 heavy (non-hydrogen) atoms. The molecule has 2 N–H and O–H groups in total. The number of aliphatic carboxylic acids is 1. The van der Waals surface area contributed by atoms with Gasteiger partial charge in [0.1, 0.15) is 6.61 Å². The number of carboxylic acid groups (broad SMARTS) is 1. The first kappa shape index (κ1) is 24.1. The number of hydrogen-bond acceptors (Lipinski definition) is 5. The molecule has 4 rings (SSSR count). The molecule has 8 heteroatoms. The molecule has 1 aliphatic heterocycles. The zero-order valence-corrected chi connectivity index (χ0v) is 20.1. The minimum absolute atomic E-state index is 0.00169. The van der Waals surface area contributed by atoms with Crippen LogP contribution in [0.2, 0.25) is 0 Å². The molecule has 180 valence electrons. The van der Waals surface area contributed by atoms with Gasteiger partial charge in [-0.3, -0.25) is 9.59 Å². The van der Waals surface area contributed by atoms with Gasteiger partial charge in [0.25, 0.3) is 0 Å². The van der Waals surface area contributed by atoms with Crippen molar-refractivity contribution in [3.05, 3.63) is 59.7 Å². The molecule has 2 aromatic carbocycles. The van der Waals surface area contributed by atoms with Gasteiger partial charge in [-0.1, -0.05) is 48.5 Å². The zero-order valence-electron chi connectivity index (χ0n) is 19.2. The number of nitrogens with one attached hydrogen (secondary N) is 1. The van der Waals surface area contributed by atoms with E-state index in [2.05, 4.69) is 29.6 Å². The van der Waals surface area contributed by atoms with Crippen LogP contribution >= 0.6 is 11.8 Å². The molecule has 0 radical (unpaired) electrons. The standard InChI is InChI=1S/C26H30N2O5S/c1-17(10-11-24(29)28-12-13-34-16-18(28)14-25(30)31)27-26(32)33-15-23-21-8-4-2-6-19(21)20-7-3-5-9-22(20)23/h2-9,17-18,23H,10-16H2,1H3,(H,27,32)(H,30,31). The lowest BCUT2D eigenvalue weighted by Crippen LogP contribution is -2.47. The molecule has 1 aliphatic carbocycles. The lowest BCUT2D eigenvalue weighted by molar-refractivity contribution is -0.140. The molecule has 2 atom stereocenters. The van der Waals surface area contributed by atoms with Gasteiger partial charge < -0.3 is 20.1 Å². The van der Waals surface area contributed by atoms with E-state index in [4.69, 9.17) is 9.84 Å². The Bertz CT molecular complexity index is 1010. The summed E-state index contributed by atoms with van der Waals surface area (Å²) in [5.74, 6) is 0.502. The first-order valence-corrected chi connectivity index (χ1v) is 12.8. The van der Waals surface area contributed by atoms with Crippen molar-refractivity contribution in [1.29, 1.82) is 0 Å². The summed E-state index contributed by atoms with van der Waals surface area (Å²) in [6.45, 7) is 2.65. The minimum atomic E-state index is -0.893. The summed E-state index contributed by atoms with van der Waals surface area (Å²) >= 11 is 1.68. The predicted octanol–water partition coefficient (Wildman–Crippen LogP) is 4.11. The third-order valence-electron chi connectivity index (χ3n) is 6.46. The van der Waals surface area contributed by atoms with Crippen LogP contribution in [0.3, 0.4) is 0 Å². The van der Waals surface area contributed by atoms with Crippen molar-refractivity contribution in [3.63, 3.8) is 0 Å². The summed E-state index contributed by atoms with van der Waals surface area (Å²) in [6.07, 6.45) is 0.185. The maximum atomic E-state index is 12.7. The molecule has 0 bridgehead atoms. The van der Waals surface area contributed by atoms with Gasteiger partial charge >= 0.3 is 12.1 Å². The van der Waals surface area contributed by atoms with Gasteiger partial charge in [0.2, 0.25) is 5.91 Å². The number of alkyl carbamates (subject to hydrolysis) is 1. The number of carbonyl (C=O) groups is 3. The van der Waals surface area contributed by atoms with Gasteiger partial charge in [-0.05, 0) is 35.6 Å². The van der Waals surface area contributed by atoms with Gasteiger partial charge in [0.15, 0.2) is 0 Å². The average Bonchev–Trinajstić information content (AvgIpc) is 3.15. The fourth-order valence-electron chi connectivity index (χ4n) is 4.75. The Labute approximate surface area is 203 Å². The lowest BCUT2D eigenvalue weighted by atomic mass is 9.98. The van der Waals surface area contributed by atoms with Crippen molar-refractivity contribution in [2.45, 2.75) is 44.2 Å². The SMILES string of the molecule is CC(CCC(=O)N1CCSCC1CC(=O)O)NC(=O)OCC1c2ccccc2-c2ccccc21. The molecule has 0 spiro atoms. The molecule has 0 saturated carbocycles. The van der Waals surface area contributed by atoms with E-state index in [-0.39, 0.29) is 43.4 Å². The second kappa shape index (κ2) is 11.0. The Morgan fingerprint density at radius 1 is 1.12 bits per heavy atom. The van der Waals surface area contributed by atoms with Crippen LogP contribution in [0.5, 0.6) is 0 Å². The van der Waals surface area contributed by atoms with Crippen molar-refractivity contribution in [3.8, 4) is 11.1 Å². The quantitative estimate of drug-likeness (QED) is 0.588. The number of carboxylic acids is 1. The summed E-state index contributed by atoms with van der Waals surface area (Å²) in [7, 11) is 0. The molecule has 2 unspecified atom stereocenters. The second-order valence-corrected chi connectivity index (χ2v) is 9.97. The average molecular weight is 483 g/mol.